The van der Waals surface area contributed by atoms with Gasteiger partial charge in [0.2, 0.25) is 5.91 Å². The summed E-state index contributed by atoms with van der Waals surface area (Å²) in [4.78, 5) is 37.5. The van der Waals surface area contributed by atoms with E-state index in [0.717, 1.165) is 25.7 Å². The molecule has 3 rings (SSSR count). The molecule has 140 valence electrons. The lowest BCUT2D eigenvalue weighted by Crippen LogP contribution is -2.35. The van der Waals surface area contributed by atoms with Crippen LogP contribution in [-0.2, 0) is 14.3 Å². The molecule has 7 heteroatoms. The first-order valence-corrected chi connectivity index (χ1v) is 9.08. The summed E-state index contributed by atoms with van der Waals surface area (Å²) < 4.78 is 4.93. The highest BCUT2D eigenvalue weighted by Crippen LogP contribution is 2.38. The van der Waals surface area contributed by atoms with Gasteiger partial charge in [0.15, 0.2) is 0 Å². The smallest absolute Gasteiger partial charge is 0.414 e. The fourth-order valence-corrected chi connectivity index (χ4v) is 3.76. The van der Waals surface area contributed by atoms with Crippen LogP contribution in [0.2, 0.25) is 0 Å². The Labute approximate surface area is 152 Å². The van der Waals surface area contributed by atoms with Crippen LogP contribution < -0.4 is 10.2 Å². The Balaban J connectivity index is 1.69. The first-order valence-electron chi connectivity index (χ1n) is 9.08. The molecule has 26 heavy (non-hydrogen) atoms. The molecule has 2 aliphatic rings. The maximum atomic E-state index is 12.5. The lowest BCUT2D eigenvalue weighted by molar-refractivity contribution is -0.152. The second kappa shape index (κ2) is 7.76. The Morgan fingerprint density at radius 2 is 1.92 bits per heavy atom. The molecule has 0 spiro atoms. The molecule has 0 atom stereocenters. The number of carboxylic acids is 1. The molecule has 1 aromatic rings. The minimum atomic E-state index is -0.975. The van der Waals surface area contributed by atoms with Crippen LogP contribution in [0.25, 0.3) is 0 Å². The molecule has 2 amide bonds. The molecule has 1 aliphatic heterocycles. The Hall–Kier alpha value is -2.57. The van der Waals surface area contributed by atoms with Crippen molar-refractivity contribution in [3.63, 3.8) is 0 Å². The van der Waals surface area contributed by atoms with Gasteiger partial charge in [-0.1, -0.05) is 31.7 Å². The molecule has 1 aliphatic carbocycles. The van der Waals surface area contributed by atoms with E-state index in [1.165, 1.54) is 4.90 Å². The van der Waals surface area contributed by atoms with Crippen molar-refractivity contribution in [2.75, 3.05) is 23.4 Å². The number of hydrogen-bond acceptors (Lipinski definition) is 4. The van der Waals surface area contributed by atoms with Gasteiger partial charge in [0.05, 0.1) is 12.0 Å². The van der Waals surface area contributed by atoms with E-state index in [9.17, 15) is 19.5 Å². The average Bonchev–Trinajstić information content (AvgIpc) is 2.88. The number of nitrogens with one attached hydrogen (secondary N) is 1. The van der Waals surface area contributed by atoms with Crippen LogP contribution in [0.15, 0.2) is 24.3 Å². The minimum absolute atomic E-state index is 0.0294. The standard InChI is InChI=1S/C19H24N2O5/c22-16(13-19(17(23)24)8-3-1-2-4-9-19)20-14-6-5-7-15(12-14)21-10-11-26-18(21)25/h5-7,12H,1-4,8-11,13H2,(H,20,22)(H,23,24). The van der Waals surface area contributed by atoms with Crippen LogP contribution >= 0.6 is 0 Å². The van der Waals surface area contributed by atoms with Gasteiger partial charge in [-0.25, -0.2) is 4.79 Å². The average molecular weight is 360 g/mol. The van der Waals surface area contributed by atoms with Crippen molar-refractivity contribution >= 4 is 29.3 Å². The third-order valence-electron chi connectivity index (χ3n) is 5.22. The fraction of sp³-hybridized carbons (Fsp3) is 0.526. The number of amides is 2. The first kappa shape index (κ1) is 18.2. The van der Waals surface area contributed by atoms with E-state index >= 15 is 0 Å². The Kier molecular flexibility index (Phi) is 5.44. The van der Waals surface area contributed by atoms with E-state index in [1.54, 1.807) is 24.3 Å². The molecule has 1 saturated carbocycles. The van der Waals surface area contributed by atoms with E-state index in [2.05, 4.69) is 5.32 Å². The molecule has 1 saturated heterocycles. The number of benzene rings is 1. The second-order valence-corrected chi connectivity index (χ2v) is 7.04. The maximum Gasteiger partial charge on any atom is 0.414 e. The molecule has 1 aromatic carbocycles. The van der Waals surface area contributed by atoms with E-state index < -0.39 is 17.5 Å². The Morgan fingerprint density at radius 1 is 1.19 bits per heavy atom. The van der Waals surface area contributed by atoms with Gasteiger partial charge in [-0.3, -0.25) is 14.5 Å². The van der Waals surface area contributed by atoms with Gasteiger partial charge in [-0.05, 0) is 31.0 Å². The summed E-state index contributed by atoms with van der Waals surface area (Å²) in [6.45, 7) is 0.814. The van der Waals surface area contributed by atoms with Gasteiger partial charge in [0.1, 0.15) is 6.61 Å². The molecule has 2 fully saturated rings. The zero-order chi connectivity index (χ0) is 18.6. The van der Waals surface area contributed by atoms with Crippen LogP contribution in [0.4, 0.5) is 16.2 Å². The summed E-state index contributed by atoms with van der Waals surface area (Å²) in [5.74, 6) is -1.20. The summed E-state index contributed by atoms with van der Waals surface area (Å²) in [6.07, 6.45) is 4.35. The number of carbonyl (C=O) groups excluding carboxylic acids is 2. The van der Waals surface area contributed by atoms with Gasteiger partial charge < -0.3 is 15.2 Å². The zero-order valence-corrected chi connectivity index (χ0v) is 14.7. The lowest BCUT2D eigenvalue weighted by Gasteiger charge is -2.27. The SMILES string of the molecule is O=C(CC1(C(=O)O)CCCCCC1)Nc1cccc(N2CCOC2=O)c1. The van der Waals surface area contributed by atoms with E-state index in [-0.39, 0.29) is 12.3 Å². The number of carboxylic acid groups (broad SMARTS) is 1. The Morgan fingerprint density at radius 3 is 2.54 bits per heavy atom. The van der Waals surface area contributed by atoms with Crippen molar-refractivity contribution in [2.45, 2.75) is 44.9 Å². The Bertz CT molecular complexity index is 695. The number of rotatable bonds is 5. The highest BCUT2D eigenvalue weighted by atomic mass is 16.6. The van der Waals surface area contributed by atoms with Crippen LogP contribution in [0.3, 0.4) is 0 Å². The van der Waals surface area contributed by atoms with Crippen LogP contribution in [0.1, 0.15) is 44.9 Å². The number of aliphatic carboxylic acids is 1. The van der Waals surface area contributed by atoms with Crippen molar-refractivity contribution in [3.05, 3.63) is 24.3 Å². The largest absolute Gasteiger partial charge is 0.481 e. The fourth-order valence-electron chi connectivity index (χ4n) is 3.76. The van der Waals surface area contributed by atoms with Gasteiger partial charge in [-0.15, -0.1) is 0 Å². The highest BCUT2D eigenvalue weighted by Gasteiger charge is 2.40. The quantitative estimate of drug-likeness (QED) is 0.785. The highest BCUT2D eigenvalue weighted by molar-refractivity contribution is 5.96. The second-order valence-electron chi connectivity index (χ2n) is 7.04. The number of cyclic esters (lactones) is 1. The normalized spacial score (nSPS) is 19.5. The van der Waals surface area contributed by atoms with Crippen molar-refractivity contribution in [1.29, 1.82) is 0 Å². The van der Waals surface area contributed by atoms with Gasteiger partial charge in [0.25, 0.3) is 0 Å². The lowest BCUT2D eigenvalue weighted by atomic mass is 9.77. The predicted molar refractivity (Wildman–Crippen MR) is 96.2 cm³/mol. The van der Waals surface area contributed by atoms with Crippen molar-refractivity contribution in [2.24, 2.45) is 5.41 Å². The topological polar surface area (TPSA) is 95.9 Å². The molecule has 1 heterocycles. The maximum absolute atomic E-state index is 12.5. The first-order chi connectivity index (χ1) is 12.5. The molecular formula is C19H24N2O5. The third-order valence-corrected chi connectivity index (χ3v) is 5.22. The number of carbonyl (C=O) groups is 3. The van der Waals surface area contributed by atoms with Crippen LogP contribution in [0.5, 0.6) is 0 Å². The van der Waals surface area contributed by atoms with E-state index in [1.807, 2.05) is 0 Å². The number of ether oxygens (including phenoxy) is 1. The molecule has 0 aromatic heterocycles. The molecular weight excluding hydrogens is 336 g/mol. The van der Waals surface area contributed by atoms with E-state index in [4.69, 9.17) is 4.74 Å². The molecule has 2 N–H and O–H groups in total. The molecule has 0 bridgehead atoms. The summed E-state index contributed by atoms with van der Waals surface area (Å²) in [5.41, 5.74) is 0.214. The van der Waals surface area contributed by atoms with E-state index in [0.29, 0.717) is 37.4 Å². The van der Waals surface area contributed by atoms with Gasteiger partial charge >= 0.3 is 12.1 Å². The molecule has 0 unspecified atom stereocenters. The predicted octanol–water partition coefficient (Wildman–Crippen LogP) is 3.40. The van der Waals surface area contributed by atoms with Gasteiger partial charge in [0, 0.05) is 17.8 Å². The number of hydrogen-bond donors (Lipinski definition) is 2. The monoisotopic (exact) mass is 360 g/mol. The van der Waals surface area contributed by atoms with Crippen molar-refractivity contribution < 1.29 is 24.2 Å². The summed E-state index contributed by atoms with van der Waals surface area (Å²) in [6, 6.07) is 6.94. The van der Waals surface area contributed by atoms with Crippen molar-refractivity contribution in [3.8, 4) is 0 Å². The number of nitrogens with zero attached hydrogens (tertiary/aromatic N) is 1. The molecule has 0 radical (unpaired) electrons. The molecule has 7 nitrogen and oxygen atoms in total. The van der Waals surface area contributed by atoms with Gasteiger partial charge in [-0.2, -0.15) is 0 Å². The minimum Gasteiger partial charge on any atom is -0.481 e. The summed E-state index contributed by atoms with van der Waals surface area (Å²) >= 11 is 0. The van der Waals surface area contributed by atoms with Crippen molar-refractivity contribution in [1.82, 2.24) is 0 Å². The third kappa shape index (κ3) is 3.98. The van der Waals surface area contributed by atoms with Crippen LogP contribution in [0, 0.1) is 5.41 Å². The summed E-state index contributed by atoms with van der Waals surface area (Å²) in [5, 5.41) is 12.5. The zero-order valence-electron chi connectivity index (χ0n) is 14.7. The summed E-state index contributed by atoms with van der Waals surface area (Å²) in [7, 11) is 0. The number of anilines is 2. The van der Waals surface area contributed by atoms with Crippen LogP contribution in [-0.4, -0.2) is 36.2 Å².